The first-order chi connectivity index (χ1) is 5.52. The van der Waals surface area contributed by atoms with Crippen molar-refractivity contribution in [1.82, 2.24) is 0 Å². The summed E-state index contributed by atoms with van der Waals surface area (Å²) in [6.07, 6.45) is 4.38. The maximum absolute atomic E-state index is 5.83. The van der Waals surface area contributed by atoms with Gasteiger partial charge in [-0.15, -0.1) is 0 Å². The predicted octanol–water partition coefficient (Wildman–Crippen LogP) is 1.78. The Labute approximate surface area is 76.3 Å². The molecule has 0 amide bonds. The number of aryl methyl sites for hydroxylation is 1. The van der Waals surface area contributed by atoms with Crippen molar-refractivity contribution in [2.24, 2.45) is 0 Å². The molecule has 0 atom stereocenters. The second kappa shape index (κ2) is 3.27. The monoisotopic (exact) mass is 184 g/mol. The average molecular weight is 184 g/mol. The van der Waals surface area contributed by atoms with Gasteiger partial charge in [-0.1, -0.05) is 0 Å². The smallest absolute Gasteiger partial charge is 0.0455 e. The first-order valence-electron chi connectivity index (χ1n) is 3.85. The summed E-state index contributed by atoms with van der Waals surface area (Å²) in [6, 6.07) is 3.95. The molecule has 1 aromatic carbocycles. The van der Waals surface area contributed by atoms with Crippen LogP contribution in [-0.4, -0.2) is 12.5 Å². The van der Waals surface area contributed by atoms with Gasteiger partial charge >= 0.3 is 0 Å². The quantitative estimate of drug-likeness (QED) is 0.460. The van der Waals surface area contributed by atoms with Gasteiger partial charge < -0.3 is 11.5 Å². The van der Waals surface area contributed by atoms with E-state index in [1.807, 2.05) is 13.0 Å². The molecule has 1 rings (SSSR count). The second-order valence-corrected chi connectivity index (χ2v) is 5.43. The number of anilines is 2. The molecule has 12 heavy (non-hydrogen) atoms. The molecule has 0 unspecified atom stereocenters. The number of hydrogen-bond donors (Lipinski definition) is 3. The third kappa shape index (κ3) is 1.67. The summed E-state index contributed by atoms with van der Waals surface area (Å²) >= 11 is 0. The zero-order valence-corrected chi connectivity index (χ0v) is 8.65. The molecule has 0 radical (unpaired) electrons. The molecule has 0 fully saturated rings. The SMILES string of the molecule is Cc1cc([SH](C)C)c(N)cc1N. The number of thiol groups is 1. The van der Waals surface area contributed by atoms with Crippen molar-refractivity contribution in [3.63, 3.8) is 0 Å². The van der Waals surface area contributed by atoms with Gasteiger partial charge in [-0.3, -0.25) is 0 Å². The number of hydrogen-bond acceptors (Lipinski definition) is 2. The van der Waals surface area contributed by atoms with Crippen molar-refractivity contribution >= 4 is 22.3 Å². The van der Waals surface area contributed by atoms with Crippen LogP contribution in [0.3, 0.4) is 0 Å². The fourth-order valence-corrected chi connectivity index (χ4v) is 2.15. The molecule has 0 bridgehead atoms. The maximum Gasteiger partial charge on any atom is 0.0455 e. The summed E-state index contributed by atoms with van der Waals surface area (Å²) in [5.74, 6) is 0. The molecular formula is C9H16N2S. The standard InChI is InChI=1S/C9H16N2S/c1-6-4-9(12(2)3)8(11)5-7(6)10/h4-5,12H,10-11H2,1-3H3. The molecule has 0 aliphatic rings. The third-order valence-electron chi connectivity index (χ3n) is 1.90. The van der Waals surface area contributed by atoms with Gasteiger partial charge in [-0.2, -0.15) is 0 Å². The highest BCUT2D eigenvalue weighted by atomic mass is 32.2. The third-order valence-corrected chi connectivity index (χ3v) is 3.25. The Morgan fingerprint density at radius 2 is 1.67 bits per heavy atom. The van der Waals surface area contributed by atoms with Crippen LogP contribution in [0.15, 0.2) is 17.0 Å². The molecule has 0 aliphatic heterocycles. The van der Waals surface area contributed by atoms with Gasteiger partial charge in [0.15, 0.2) is 0 Å². The van der Waals surface area contributed by atoms with Crippen LogP contribution in [0.25, 0.3) is 0 Å². The zero-order chi connectivity index (χ0) is 9.30. The Balaban J connectivity index is 3.23. The van der Waals surface area contributed by atoms with Crippen LogP contribution in [0.4, 0.5) is 11.4 Å². The highest BCUT2D eigenvalue weighted by Gasteiger charge is 2.03. The predicted molar refractivity (Wildman–Crippen MR) is 59.1 cm³/mol. The number of nitrogens with two attached hydrogens (primary N) is 2. The van der Waals surface area contributed by atoms with Gasteiger partial charge in [0.2, 0.25) is 0 Å². The summed E-state index contributed by atoms with van der Waals surface area (Å²) in [5.41, 5.74) is 14.3. The molecular weight excluding hydrogens is 168 g/mol. The largest absolute Gasteiger partial charge is 0.398 e. The zero-order valence-electron chi connectivity index (χ0n) is 7.76. The maximum atomic E-state index is 5.83. The Morgan fingerprint density at radius 3 is 2.17 bits per heavy atom. The Kier molecular flexibility index (Phi) is 2.52. The van der Waals surface area contributed by atoms with Crippen molar-refractivity contribution in [2.75, 3.05) is 24.0 Å². The van der Waals surface area contributed by atoms with Gasteiger partial charge in [0.25, 0.3) is 0 Å². The number of nitrogen functional groups attached to an aromatic ring is 2. The average Bonchev–Trinajstić information content (AvgIpc) is 1.96. The van der Waals surface area contributed by atoms with E-state index in [1.165, 1.54) is 4.90 Å². The van der Waals surface area contributed by atoms with Crippen molar-refractivity contribution < 1.29 is 0 Å². The van der Waals surface area contributed by atoms with Crippen LogP contribution >= 0.6 is 10.9 Å². The van der Waals surface area contributed by atoms with Crippen molar-refractivity contribution in [3.05, 3.63) is 17.7 Å². The van der Waals surface area contributed by atoms with Gasteiger partial charge in [-0.25, -0.2) is 10.9 Å². The van der Waals surface area contributed by atoms with Crippen LogP contribution < -0.4 is 11.5 Å². The molecule has 3 heteroatoms. The topological polar surface area (TPSA) is 52.0 Å². The van der Waals surface area contributed by atoms with Crippen molar-refractivity contribution in [3.8, 4) is 0 Å². The first kappa shape index (κ1) is 9.26. The molecule has 0 aromatic heterocycles. The minimum Gasteiger partial charge on any atom is -0.398 e. The molecule has 0 heterocycles. The normalized spacial score (nSPS) is 11.4. The van der Waals surface area contributed by atoms with E-state index in [-0.39, 0.29) is 10.9 Å². The lowest BCUT2D eigenvalue weighted by molar-refractivity contribution is 1.36. The minimum atomic E-state index is -0.126. The summed E-state index contributed by atoms with van der Waals surface area (Å²) in [6.45, 7) is 2.01. The van der Waals surface area contributed by atoms with E-state index in [9.17, 15) is 0 Å². The summed E-state index contributed by atoms with van der Waals surface area (Å²) in [5, 5.41) is 0. The van der Waals surface area contributed by atoms with E-state index >= 15 is 0 Å². The highest BCUT2D eigenvalue weighted by Crippen LogP contribution is 2.35. The number of benzene rings is 1. The van der Waals surface area contributed by atoms with E-state index in [0.29, 0.717) is 0 Å². The molecule has 0 saturated heterocycles. The van der Waals surface area contributed by atoms with E-state index in [2.05, 4.69) is 18.6 Å². The molecule has 0 spiro atoms. The first-order valence-corrected chi connectivity index (χ1v) is 6.09. The van der Waals surface area contributed by atoms with Gasteiger partial charge in [0, 0.05) is 16.3 Å². The molecule has 4 N–H and O–H groups in total. The van der Waals surface area contributed by atoms with Gasteiger partial charge in [-0.05, 0) is 37.1 Å². The molecule has 0 aliphatic carbocycles. The van der Waals surface area contributed by atoms with Gasteiger partial charge in [0.1, 0.15) is 0 Å². The molecule has 1 aromatic rings. The number of rotatable bonds is 1. The Bertz CT molecular complexity index is 295. The summed E-state index contributed by atoms with van der Waals surface area (Å²) in [4.78, 5) is 1.25. The molecule has 2 nitrogen and oxygen atoms in total. The van der Waals surface area contributed by atoms with E-state index in [0.717, 1.165) is 16.9 Å². The van der Waals surface area contributed by atoms with Crippen LogP contribution in [0.2, 0.25) is 0 Å². The molecule has 0 saturated carbocycles. The fourth-order valence-electron chi connectivity index (χ4n) is 1.11. The highest BCUT2D eigenvalue weighted by molar-refractivity contribution is 8.16. The van der Waals surface area contributed by atoms with Crippen molar-refractivity contribution in [1.29, 1.82) is 0 Å². The van der Waals surface area contributed by atoms with E-state index < -0.39 is 0 Å². The minimum absolute atomic E-state index is 0.126. The summed E-state index contributed by atoms with van der Waals surface area (Å²) in [7, 11) is -0.126. The van der Waals surface area contributed by atoms with Crippen LogP contribution in [0.5, 0.6) is 0 Å². The van der Waals surface area contributed by atoms with Crippen molar-refractivity contribution in [2.45, 2.75) is 11.8 Å². The Morgan fingerprint density at radius 1 is 1.08 bits per heavy atom. The molecule has 68 valence electrons. The van der Waals surface area contributed by atoms with E-state index in [4.69, 9.17) is 11.5 Å². The Hall–Kier alpha value is -0.830. The lowest BCUT2D eigenvalue weighted by Gasteiger charge is -2.14. The lowest BCUT2D eigenvalue weighted by Crippen LogP contribution is -1.96. The van der Waals surface area contributed by atoms with Crippen LogP contribution in [0, 0.1) is 6.92 Å². The van der Waals surface area contributed by atoms with Crippen LogP contribution in [0.1, 0.15) is 5.56 Å². The van der Waals surface area contributed by atoms with Crippen LogP contribution in [-0.2, 0) is 0 Å². The lowest BCUT2D eigenvalue weighted by atomic mass is 10.2. The summed E-state index contributed by atoms with van der Waals surface area (Å²) < 4.78 is 0. The second-order valence-electron chi connectivity index (χ2n) is 3.16. The fraction of sp³-hybridized carbons (Fsp3) is 0.333. The van der Waals surface area contributed by atoms with Gasteiger partial charge in [0.05, 0.1) is 0 Å². The van der Waals surface area contributed by atoms with E-state index in [1.54, 1.807) is 0 Å².